The van der Waals surface area contributed by atoms with Gasteiger partial charge in [-0.1, -0.05) is 0 Å². The molecule has 10 heteroatoms. The monoisotopic (exact) mass is 403 g/mol. The third kappa shape index (κ3) is 7.25. The summed E-state index contributed by atoms with van der Waals surface area (Å²) in [4.78, 5) is 18.1. The lowest BCUT2D eigenvalue weighted by atomic mass is 9.97. The van der Waals surface area contributed by atoms with Crippen molar-refractivity contribution in [1.29, 1.82) is 0 Å². The third-order valence-corrected chi connectivity index (χ3v) is 3.66. The van der Waals surface area contributed by atoms with Crippen molar-refractivity contribution in [3.8, 4) is 5.75 Å². The van der Waals surface area contributed by atoms with Crippen LogP contribution in [0.15, 0.2) is 18.3 Å². The number of amides is 1. The Kier molecular flexibility index (Phi) is 10.1. The summed E-state index contributed by atoms with van der Waals surface area (Å²) in [5.74, 6) is -0.185. The van der Waals surface area contributed by atoms with Crippen molar-refractivity contribution in [2.24, 2.45) is 5.92 Å². The van der Waals surface area contributed by atoms with E-state index in [9.17, 15) is 18.0 Å². The van der Waals surface area contributed by atoms with Crippen LogP contribution in [-0.2, 0) is 0 Å². The second-order valence-corrected chi connectivity index (χ2v) is 5.57. The number of aromatic nitrogens is 1. The lowest BCUT2D eigenvalue weighted by Crippen LogP contribution is -2.42. The number of hydrogen-bond acceptors (Lipinski definition) is 4. The van der Waals surface area contributed by atoms with E-state index in [-0.39, 0.29) is 42.2 Å². The summed E-state index contributed by atoms with van der Waals surface area (Å²) < 4.78 is 41.7. The van der Waals surface area contributed by atoms with E-state index in [4.69, 9.17) is 4.74 Å². The molecule has 0 spiro atoms. The summed E-state index contributed by atoms with van der Waals surface area (Å²) >= 11 is 0. The SMILES string of the molecule is CNCC1CCCN(C(=O)c2ncccc2OCC(F)(F)F)C1.Cl.Cl. The van der Waals surface area contributed by atoms with Gasteiger partial charge in [0.25, 0.3) is 5.91 Å². The summed E-state index contributed by atoms with van der Waals surface area (Å²) in [7, 11) is 1.85. The molecule has 144 valence electrons. The highest BCUT2D eigenvalue weighted by atomic mass is 35.5. The average molecular weight is 404 g/mol. The number of halogens is 5. The predicted molar refractivity (Wildman–Crippen MR) is 92.8 cm³/mol. The number of carbonyl (C=O) groups excluding carboxylic acids is 1. The van der Waals surface area contributed by atoms with Crippen LogP contribution in [0.25, 0.3) is 0 Å². The van der Waals surface area contributed by atoms with Crippen LogP contribution in [0.3, 0.4) is 0 Å². The lowest BCUT2D eigenvalue weighted by Gasteiger charge is -2.32. The predicted octanol–water partition coefficient (Wildman–Crippen LogP) is 2.94. The number of piperidine rings is 1. The van der Waals surface area contributed by atoms with Gasteiger partial charge in [0, 0.05) is 19.3 Å². The second-order valence-electron chi connectivity index (χ2n) is 5.57. The highest BCUT2D eigenvalue weighted by Crippen LogP contribution is 2.24. The van der Waals surface area contributed by atoms with E-state index in [0.717, 1.165) is 19.4 Å². The highest BCUT2D eigenvalue weighted by molar-refractivity contribution is 5.95. The summed E-state index contributed by atoms with van der Waals surface area (Å²) in [5.41, 5.74) is -0.0677. The Morgan fingerprint density at radius 3 is 2.80 bits per heavy atom. The van der Waals surface area contributed by atoms with E-state index in [1.54, 1.807) is 4.90 Å². The molecule has 25 heavy (non-hydrogen) atoms. The molecule has 2 heterocycles. The van der Waals surface area contributed by atoms with Gasteiger partial charge in [-0.3, -0.25) is 4.79 Å². The minimum Gasteiger partial charge on any atom is -0.482 e. The summed E-state index contributed by atoms with van der Waals surface area (Å²) in [6.07, 6.45) is -1.20. The number of pyridine rings is 1. The first kappa shape index (κ1) is 23.8. The van der Waals surface area contributed by atoms with Gasteiger partial charge in [0.15, 0.2) is 18.1 Å². The molecule has 1 unspecified atom stereocenters. The molecule has 5 nitrogen and oxygen atoms in total. The molecular formula is C15H22Cl2F3N3O2. The van der Waals surface area contributed by atoms with Crippen LogP contribution in [0.2, 0.25) is 0 Å². The Labute approximate surface area is 157 Å². The van der Waals surface area contributed by atoms with Crippen molar-refractivity contribution in [2.45, 2.75) is 19.0 Å². The van der Waals surface area contributed by atoms with Crippen LogP contribution in [0.4, 0.5) is 13.2 Å². The van der Waals surface area contributed by atoms with Gasteiger partial charge in [0.1, 0.15) is 0 Å². The number of nitrogens with zero attached hydrogens (tertiary/aromatic N) is 2. The van der Waals surface area contributed by atoms with Crippen molar-refractivity contribution < 1.29 is 22.7 Å². The Morgan fingerprint density at radius 2 is 2.16 bits per heavy atom. The van der Waals surface area contributed by atoms with Crippen molar-refractivity contribution in [3.63, 3.8) is 0 Å². The number of nitrogens with one attached hydrogen (secondary N) is 1. The first-order valence-corrected chi connectivity index (χ1v) is 7.49. The molecule has 1 amide bonds. The van der Waals surface area contributed by atoms with Gasteiger partial charge in [0.2, 0.25) is 0 Å². The van der Waals surface area contributed by atoms with E-state index in [0.29, 0.717) is 19.0 Å². The van der Waals surface area contributed by atoms with Gasteiger partial charge in [0.05, 0.1) is 0 Å². The first-order chi connectivity index (χ1) is 10.9. The Balaban J connectivity index is 0.00000288. The second kappa shape index (κ2) is 10.7. The number of carbonyl (C=O) groups is 1. The van der Waals surface area contributed by atoms with Gasteiger partial charge in [-0.15, -0.1) is 24.8 Å². The lowest BCUT2D eigenvalue weighted by molar-refractivity contribution is -0.153. The highest BCUT2D eigenvalue weighted by Gasteiger charge is 2.31. The number of likely N-dealkylation sites (tertiary alicyclic amines) is 1. The molecule has 1 saturated heterocycles. The smallest absolute Gasteiger partial charge is 0.422 e. The van der Waals surface area contributed by atoms with Crippen LogP contribution in [0, 0.1) is 5.92 Å². The van der Waals surface area contributed by atoms with Crippen LogP contribution >= 0.6 is 24.8 Å². The molecule has 1 aromatic heterocycles. The van der Waals surface area contributed by atoms with E-state index < -0.39 is 12.8 Å². The van der Waals surface area contributed by atoms with Gasteiger partial charge in [-0.05, 0) is 44.5 Å². The first-order valence-electron chi connectivity index (χ1n) is 7.49. The number of ether oxygens (including phenoxy) is 1. The molecule has 2 rings (SSSR count). The minimum atomic E-state index is -4.46. The van der Waals surface area contributed by atoms with Gasteiger partial charge >= 0.3 is 6.18 Å². The maximum Gasteiger partial charge on any atom is 0.422 e. The zero-order chi connectivity index (χ0) is 16.9. The van der Waals surface area contributed by atoms with Gasteiger partial charge in [-0.25, -0.2) is 4.98 Å². The molecule has 0 bridgehead atoms. The fourth-order valence-corrected chi connectivity index (χ4v) is 2.68. The minimum absolute atomic E-state index is 0. The van der Waals surface area contributed by atoms with E-state index in [2.05, 4.69) is 10.3 Å². The van der Waals surface area contributed by atoms with E-state index >= 15 is 0 Å². The molecule has 1 fully saturated rings. The van der Waals surface area contributed by atoms with Crippen molar-refractivity contribution in [3.05, 3.63) is 24.0 Å². The molecule has 0 aromatic carbocycles. The van der Waals surface area contributed by atoms with Crippen molar-refractivity contribution in [1.82, 2.24) is 15.2 Å². The maximum atomic E-state index is 12.6. The largest absolute Gasteiger partial charge is 0.482 e. The van der Waals surface area contributed by atoms with Crippen LogP contribution < -0.4 is 10.1 Å². The molecule has 1 aromatic rings. The Hall–Kier alpha value is -1.25. The maximum absolute atomic E-state index is 12.6. The Bertz CT molecular complexity index is 545. The fourth-order valence-electron chi connectivity index (χ4n) is 2.68. The average Bonchev–Trinajstić information content (AvgIpc) is 2.52. The molecule has 1 aliphatic heterocycles. The molecule has 0 saturated carbocycles. The summed E-state index contributed by atoms with van der Waals surface area (Å²) in [6, 6.07) is 2.78. The Morgan fingerprint density at radius 1 is 1.44 bits per heavy atom. The number of hydrogen-bond donors (Lipinski definition) is 1. The molecule has 1 aliphatic rings. The molecular weight excluding hydrogens is 382 g/mol. The zero-order valence-electron chi connectivity index (χ0n) is 13.7. The standard InChI is InChI=1S/C15H20F3N3O2.2ClH/c1-19-8-11-4-3-7-21(9-11)14(22)13-12(5-2-6-20-13)23-10-15(16,17)18;;/h2,5-6,11,19H,3-4,7-10H2,1H3;2*1H. The fraction of sp³-hybridized carbons (Fsp3) is 0.600. The molecule has 1 N–H and O–H groups in total. The number of rotatable bonds is 5. The van der Waals surface area contributed by atoms with Crippen molar-refractivity contribution >= 4 is 30.7 Å². The quantitative estimate of drug-likeness (QED) is 0.820. The normalized spacial score (nSPS) is 17.3. The van der Waals surface area contributed by atoms with Crippen molar-refractivity contribution in [2.75, 3.05) is 33.3 Å². The topological polar surface area (TPSA) is 54.5 Å². The molecule has 0 radical (unpaired) electrons. The van der Waals surface area contributed by atoms with Crippen LogP contribution in [0.5, 0.6) is 5.75 Å². The summed E-state index contributed by atoms with van der Waals surface area (Å²) in [6.45, 7) is 0.494. The van der Waals surface area contributed by atoms with Crippen LogP contribution in [-0.4, -0.2) is 55.3 Å². The van der Waals surface area contributed by atoms with Gasteiger partial charge < -0.3 is 15.0 Å². The van der Waals surface area contributed by atoms with Gasteiger partial charge in [-0.2, -0.15) is 13.2 Å². The van der Waals surface area contributed by atoms with E-state index in [1.807, 2.05) is 7.05 Å². The van der Waals surface area contributed by atoms with E-state index in [1.165, 1.54) is 18.3 Å². The zero-order valence-corrected chi connectivity index (χ0v) is 15.3. The summed E-state index contributed by atoms with van der Waals surface area (Å²) in [5, 5.41) is 3.08. The number of alkyl halides is 3. The van der Waals surface area contributed by atoms with Crippen LogP contribution in [0.1, 0.15) is 23.3 Å². The molecule has 0 aliphatic carbocycles. The molecule has 1 atom stereocenters. The third-order valence-electron chi connectivity index (χ3n) is 3.66.